The van der Waals surface area contributed by atoms with Crippen LogP contribution in [-0.2, 0) is 36.5 Å². The van der Waals surface area contributed by atoms with Gasteiger partial charge in [0.05, 0.1) is 12.2 Å². The van der Waals surface area contributed by atoms with Gasteiger partial charge in [-0.1, -0.05) is 60.7 Å². The van der Waals surface area contributed by atoms with Crippen molar-refractivity contribution in [1.82, 2.24) is 9.21 Å². The molecule has 0 atom stereocenters. The van der Waals surface area contributed by atoms with Crippen LogP contribution in [0.25, 0.3) is 11.3 Å². The van der Waals surface area contributed by atoms with Gasteiger partial charge in [-0.2, -0.15) is 4.31 Å². The average molecular weight is 497 g/mol. The molecule has 8 nitrogen and oxygen atoms in total. The summed E-state index contributed by atoms with van der Waals surface area (Å²) >= 11 is 0. The van der Waals surface area contributed by atoms with E-state index in [4.69, 9.17) is 9.15 Å². The lowest BCUT2D eigenvalue weighted by atomic mass is 10.2. The number of esters is 1. The number of hydrogen-bond donors (Lipinski definition) is 0. The molecule has 4 rings (SSSR count). The van der Waals surface area contributed by atoms with E-state index in [0.29, 0.717) is 12.2 Å². The van der Waals surface area contributed by atoms with Crippen LogP contribution in [0.15, 0.2) is 77.2 Å². The Hall–Kier alpha value is -3.43. The monoisotopic (exact) mass is 496 g/mol. The van der Waals surface area contributed by atoms with Gasteiger partial charge in [0.2, 0.25) is 10.0 Å². The second-order valence-electron chi connectivity index (χ2n) is 8.31. The standard InChI is InChI=1S/C26H28N2O6S/c29-25(27-15-17-28(18-16-27)35(31,32)20-21-7-3-1-4-8-21)19-33-26(30)14-12-23-11-13-24(34-23)22-9-5-2-6-10-22/h1-11,13H,12,14-20H2. The molecule has 2 aromatic carbocycles. The van der Waals surface area contributed by atoms with E-state index in [2.05, 4.69) is 0 Å². The zero-order valence-electron chi connectivity index (χ0n) is 19.3. The molecule has 35 heavy (non-hydrogen) atoms. The molecule has 9 heteroatoms. The van der Waals surface area contributed by atoms with Gasteiger partial charge < -0.3 is 14.1 Å². The van der Waals surface area contributed by atoms with E-state index in [0.717, 1.165) is 16.9 Å². The molecule has 0 aliphatic carbocycles. The minimum atomic E-state index is -3.46. The summed E-state index contributed by atoms with van der Waals surface area (Å²) in [6.07, 6.45) is 0.471. The van der Waals surface area contributed by atoms with Gasteiger partial charge in [0.15, 0.2) is 6.61 Å². The topological polar surface area (TPSA) is 97.1 Å². The molecule has 2 heterocycles. The first-order valence-electron chi connectivity index (χ1n) is 11.5. The van der Waals surface area contributed by atoms with Crippen LogP contribution in [-0.4, -0.2) is 62.3 Å². The van der Waals surface area contributed by atoms with Crippen LogP contribution >= 0.6 is 0 Å². The highest BCUT2D eigenvalue weighted by atomic mass is 32.2. The number of ether oxygens (including phenoxy) is 1. The summed E-state index contributed by atoms with van der Waals surface area (Å²) in [4.78, 5) is 26.1. The molecule has 1 aliphatic rings. The Bertz CT molecular complexity index is 1230. The van der Waals surface area contributed by atoms with Gasteiger partial charge in [-0.15, -0.1) is 0 Å². The van der Waals surface area contributed by atoms with Gasteiger partial charge in [0.25, 0.3) is 5.91 Å². The van der Waals surface area contributed by atoms with Gasteiger partial charge in [0.1, 0.15) is 11.5 Å². The number of piperazine rings is 1. The van der Waals surface area contributed by atoms with Crippen molar-refractivity contribution < 1.29 is 27.2 Å². The summed E-state index contributed by atoms with van der Waals surface area (Å²) in [7, 11) is -3.46. The van der Waals surface area contributed by atoms with Gasteiger partial charge in [-0.25, -0.2) is 8.42 Å². The molecule has 1 amide bonds. The number of nitrogens with zero attached hydrogens (tertiary/aromatic N) is 2. The van der Waals surface area contributed by atoms with Gasteiger partial charge in [-0.05, 0) is 17.7 Å². The van der Waals surface area contributed by atoms with Crippen LogP contribution in [0.3, 0.4) is 0 Å². The summed E-state index contributed by atoms with van der Waals surface area (Å²) in [6.45, 7) is 0.606. The van der Waals surface area contributed by atoms with E-state index in [9.17, 15) is 18.0 Å². The van der Waals surface area contributed by atoms with Crippen molar-refractivity contribution in [3.8, 4) is 11.3 Å². The maximum atomic E-state index is 12.7. The Morgan fingerprint density at radius 3 is 2.20 bits per heavy atom. The van der Waals surface area contributed by atoms with Crippen molar-refractivity contribution in [2.75, 3.05) is 32.8 Å². The zero-order valence-corrected chi connectivity index (χ0v) is 20.2. The van der Waals surface area contributed by atoms with E-state index in [1.54, 1.807) is 24.3 Å². The summed E-state index contributed by atoms with van der Waals surface area (Å²) < 4.78 is 37.7. The number of benzene rings is 2. The minimum Gasteiger partial charge on any atom is -0.461 e. The van der Waals surface area contributed by atoms with E-state index in [1.807, 2.05) is 48.5 Å². The fraction of sp³-hybridized carbons (Fsp3) is 0.308. The molecule has 184 valence electrons. The van der Waals surface area contributed by atoms with Gasteiger partial charge in [0, 0.05) is 38.2 Å². The number of carbonyl (C=O) groups is 2. The van der Waals surface area contributed by atoms with Crippen LogP contribution < -0.4 is 0 Å². The SMILES string of the molecule is O=C(CCc1ccc(-c2ccccc2)o1)OCC(=O)N1CCN(S(=O)(=O)Cc2ccccc2)CC1. The predicted molar refractivity (Wildman–Crippen MR) is 131 cm³/mol. The molecule has 0 unspecified atom stereocenters. The van der Waals surface area contributed by atoms with Gasteiger partial charge in [-0.3, -0.25) is 9.59 Å². The van der Waals surface area contributed by atoms with E-state index in [1.165, 1.54) is 9.21 Å². The van der Waals surface area contributed by atoms with Crippen molar-refractivity contribution in [2.45, 2.75) is 18.6 Å². The third kappa shape index (κ3) is 6.80. The highest BCUT2D eigenvalue weighted by molar-refractivity contribution is 7.88. The number of aryl methyl sites for hydroxylation is 1. The zero-order chi connectivity index (χ0) is 24.7. The first kappa shape index (κ1) is 24.7. The van der Waals surface area contributed by atoms with Crippen LogP contribution in [0, 0.1) is 0 Å². The number of amides is 1. The van der Waals surface area contributed by atoms with Crippen molar-refractivity contribution in [3.05, 3.63) is 84.1 Å². The Balaban J connectivity index is 1.17. The lowest BCUT2D eigenvalue weighted by Crippen LogP contribution is -2.51. The van der Waals surface area contributed by atoms with Crippen LogP contribution in [0.4, 0.5) is 0 Å². The lowest BCUT2D eigenvalue weighted by Gasteiger charge is -2.33. The first-order chi connectivity index (χ1) is 16.9. The molecule has 0 bridgehead atoms. The quantitative estimate of drug-likeness (QED) is 0.423. The highest BCUT2D eigenvalue weighted by Gasteiger charge is 2.29. The second kappa shape index (κ2) is 11.3. The lowest BCUT2D eigenvalue weighted by molar-refractivity contribution is -0.152. The summed E-state index contributed by atoms with van der Waals surface area (Å²) in [5.41, 5.74) is 1.68. The number of hydrogen-bond acceptors (Lipinski definition) is 6. The number of carbonyl (C=O) groups excluding carboxylic acids is 2. The summed E-state index contributed by atoms with van der Waals surface area (Å²) in [5, 5.41) is 0. The number of rotatable bonds is 9. The molecular formula is C26H28N2O6S. The molecule has 1 aliphatic heterocycles. The number of furan rings is 1. The number of sulfonamides is 1. The third-order valence-electron chi connectivity index (χ3n) is 5.83. The van der Waals surface area contributed by atoms with Crippen molar-refractivity contribution in [3.63, 3.8) is 0 Å². The fourth-order valence-electron chi connectivity index (χ4n) is 3.89. The van der Waals surface area contributed by atoms with Crippen LogP contribution in [0.5, 0.6) is 0 Å². The highest BCUT2D eigenvalue weighted by Crippen LogP contribution is 2.22. The smallest absolute Gasteiger partial charge is 0.306 e. The Morgan fingerprint density at radius 2 is 1.51 bits per heavy atom. The Labute approximate surface area is 205 Å². The Morgan fingerprint density at radius 1 is 0.857 bits per heavy atom. The molecule has 0 spiro atoms. The van der Waals surface area contributed by atoms with Crippen molar-refractivity contribution >= 4 is 21.9 Å². The minimum absolute atomic E-state index is 0.0675. The maximum absolute atomic E-state index is 12.7. The predicted octanol–water partition coefficient (Wildman–Crippen LogP) is 3.10. The summed E-state index contributed by atoms with van der Waals surface area (Å²) in [6, 6.07) is 22.4. The summed E-state index contributed by atoms with van der Waals surface area (Å²) in [5.74, 6) is 0.513. The fourth-order valence-corrected chi connectivity index (χ4v) is 5.41. The molecule has 1 saturated heterocycles. The van der Waals surface area contributed by atoms with Crippen molar-refractivity contribution in [1.29, 1.82) is 0 Å². The molecule has 1 fully saturated rings. The molecule has 3 aromatic rings. The van der Waals surface area contributed by atoms with Gasteiger partial charge >= 0.3 is 5.97 Å². The molecule has 0 N–H and O–H groups in total. The van der Waals surface area contributed by atoms with Crippen LogP contribution in [0.1, 0.15) is 17.7 Å². The first-order valence-corrected chi connectivity index (χ1v) is 13.1. The third-order valence-corrected chi connectivity index (χ3v) is 7.68. The second-order valence-corrected chi connectivity index (χ2v) is 10.3. The van der Waals surface area contributed by atoms with E-state index >= 15 is 0 Å². The van der Waals surface area contributed by atoms with E-state index < -0.39 is 16.0 Å². The van der Waals surface area contributed by atoms with Crippen molar-refractivity contribution in [2.24, 2.45) is 0 Å². The molecular weight excluding hydrogens is 468 g/mol. The molecule has 0 saturated carbocycles. The van der Waals surface area contributed by atoms with E-state index in [-0.39, 0.29) is 50.9 Å². The Kier molecular flexibility index (Phi) is 7.99. The molecule has 0 radical (unpaired) electrons. The normalized spacial score (nSPS) is 14.6. The largest absolute Gasteiger partial charge is 0.461 e. The average Bonchev–Trinajstić information content (AvgIpc) is 3.36. The maximum Gasteiger partial charge on any atom is 0.306 e. The van der Waals surface area contributed by atoms with Crippen LogP contribution in [0.2, 0.25) is 0 Å². The molecule has 1 aromatic heterocycles.